The second-order valence-corrected chi connectivity index (χ2v) is 4.88. The number of benzene rings is 1. The molecule has 1 aromatic carbocycles. The first-order valence-corrected chi connectivity index (χ1v) is 6.87. The van der Waals surface area contributed by atoms with Gasteiger partial charge in [0, 0.05) is 31.5 Å². The molecule has 0 bridgehead atoms. The number of rotatable bonds is 6. The first kappa shape index (κ1) is 14.9. The van der Waals surface area contributed by atoms with Crippen LogP contribution in [0.1, 0.15) is 11.4 Å². The summed E-state index contributed by atoms with van der Waals surface area (Å²) in [5.41, 5.74) is 2.73. The molecule has 5 heteroatoms. The van der Waals surface area contributed by atoms with E-state index in [2.05, 4.69) is 15.3 Å². The topological polar surface area (TPSA) is 47.0 Å². The van der Waals surface area contributed by atoms with E-state index in [1.807, 2.05) is 37.3 Å². The summed E-state index contributed by atoms with van der Waals surface area (Å²) in [6.45, 7) is 4.12. The van der Waals surface area contributed by atoms with Crippen molar-refractivity contribution in [2.75, 3.05) is 20.3 Å². The van der Waals surface area contributed by atoms with E-state index >= 15 is 0 Å². The lowest BCUT2D eigenvalue weighted by molar-refractivity contribution is 0.199. The minimum atomic E-state index is 0.663. The summed E-state index contributed by atoms with van der Waals surface area (Å²) in [6, 6.07) is 9.58. The molecule has 2 aromatic rings. The number of aromatic nitrogens is 2. The van der Waals surface area contributed by atoms with Gasteiger partial charge in [0.2, 0.25) is 0 Å². The van der Waals surface area contributed by atoms with Crippen LogP contribution in [-0.4, -0.2) is 30.2 Å². The first-order valence-electron chi connectivity index (χ1n) is 6.50. The van der Waals surface area contributed by atoms with Crippen LogP contribution in [0.2, 0.25) is 5.02 Å². The van der Waals surface area contributed by atoms with Crippen LogP contribution in [-0.2, 0) is 11.3 Å². The van der Waals surface area contributed by atoms with Gasteiger partial charge in [-0.05, 0) is 25.1 Å². The van der Waals surface area contributed by atoms with Crippen molar-refractivity contribution >= 4 is 11.6 Å². The van der Waals surface area contributed by atoms with Crippen LogP contribution in [0.5, 0.6) is 0 Å². The van der Waals surface area contributed by atoms with Crippen LogP contribution in [0.3, 0.4) is 0 Å². The SMILES string of the molecule is COCCNCc1cc(C)nc(-c2ccccc2Cl)n1. The fraction of sp³-hybridized carbons (Fsp3) is 0.333. The summed E-state index contributed by atoms with van der Waals surface area (Å²) >= 11 is 6.20. The Hall–Kier alpha value is -1.49. The van der Waals surface area contributed by atoms with E-state index in [1.165, 1.54) is 0 Å². The van der Waals surface area contributed by atoms with Gasteiger partial charge in [0.05, 0.1) is 17.3 Å². The average molecular weight is 292 g/mol. The van der Waals surface area contributed by atoms with Gasteiger partial charge < -0.3 is 10.1 Å². The molecule has 2 rings (SSSR count). The van der Waals surface area contributed by atoms with E-state index in [-0.39, 0.29) is 0 Å². The summed E-state index contributed by atoms with van der Waals surface area (Å²) in [5, 5.41) is 3.94. The second kappa shape index (κ2) is 7.33. The normalized spacial score (nSPS) is 10.8. The molecule has 0 aliphatic heterocycles. The lowest BCUT2D eigenvalue weighted by Gasteiger charge is -2.08. The summed E-state index contributed by atoms with van der Waals surface area (Å²) in [6.07, 6.45) is 0. The minimum Gasteiger partial charge on any atom is -0.383 e. The Balaban J connectivity index is 2.18. The number of methoxy groups -OCH3 is 1. The van der Waals surface area contributed by atoms with Crippen molar-refractivity contribution in [3.63, 3.8) is 0 Å². The molecule has 1 aromatic heterocycles. The van der Waals surface area contributed by atoms with Crippen molar-refractivity contribution < 1.29 is 4.74 Å². The molecule has 20 heavy (non-hydrogen) atoms. The average Bonchev–Trinajstić information content (AvgIpc) is 2.43. The number of aryl methyl sites for hydroxylation is 1. The highest BCUT2D eigenvalue weighted by molar-refractivity contribution is 6.33. The van der Waals surface area contributed by atoms with Gasteiger partial charge in [-0.15, -0.1) is 0 Å². The fourth-order valence-corrected chi connectivity index (χ4v) is 2.10. The van der Waals surface area contributed by atoms with Gasteiger partial charge in [0.15, 0.2) is 5.82 Å². The summed E-state index contributed by atoms with van der Waals surface area (Å²) in [4.78, 5) is 9.02. The summed E-state index contributed by atoms with van der Waals surface area (Å²) in [5.74, 6) is 0.666. The molecule has 0 amide bonds. The highest BCUT2D eigenvalue weighted by Crippen LogP contribution is 2.24. The van der Waals surface area contributed by atoms with E-state index < -0.39 is 0 Å². The minimum absolute atomic E-state index is 0.663. The van der Waals surface area contributed by atoms with Crippen molar-refractivity contribution in [1.29, 1.82) is 0 Å². The van der Waals surface area contributed by atoms with E-state index in [0.29, 0.717) is 24.0 Å². The van der Waals surface area contributed by atoms with Crippen molar-refractivity contribution in [1.82, 2.24) is 15.3 Å². The number of hydrogen-bond donors (Lipinski definition) is 1. The van der Waals surface area contributed by atoms with E-state index in [9.17, 15) is 0 Å². The van der Waals surface area contributed by atoms with Gasteiger partial charge in [0.1, 0.15) is 0 Å². The molecular weight excluding hydrogens is 274 g/mol. The third-order valence-corrected chi connectivity index (χ3v) is 3.14. The Bertz CT molecular complexity index is 575. The zero-order valence-corrected chi connectivity index (χ0v) is 12.4. The van der Waals surface area contributed by atoms with Crippen molar-refractivity contribution in [2.24, 2.45) is 0 Å². The Morgan fingerprint density at radius 3 is 2.80 bits per heavy atom. The third kappa shape index (κ3) is 4.00. The molecule has 0 aliphatic carbocycles. The Morgan fingerprint density at radius 2 is 2.05 bits per heavy atom. The predicted molar refractivity (Wildman–Crippen MR) is 80.8 cm³/mol. The molecule has 0 saturated heterocycles. The van der Waals surface area contributed by atoms with Gasteiger partial charge in [-0.25, -0.2) is 9.97 Å². The smallest absolute Gasteiger partial charge is 0.161 e. The first-order chi connectivity index (χ1) is 9.70. The highest BCUT2D eigenvalue weighted by Gasteiger charge is 2.08. The van der Waals surface area contributed by atoms with Crippen molar-refractivity contribution in [2.45, 2.75) is 13.5 Å². The van der Waals surface area contributed by atoms with E-state index in [4.69, 9.17) is 16.3 Å². The number of ether oxygens (including phenoxy) is 1. The number of nitrogens with one attached hydrogen (secondary N) is 1. The number of nitrogens with zero attached hydrogens (tertiary/aromatic N) is 2. The Labute approximate surface area is 124 Å². The largest absolute Gasteiger partial charge is 0.383 e. The maximum Gasteiger partial charge on any atom is 0.161 e. The number of halogens is 1. The van der Waals surface area contributed by atoms with Gasteiger partial charge in [-0.3, -0.25) is 0 Å². The summed E-state index contributed by atoms with van der Waals surface area (Å²) in [7, 11) is 1.69. The van der Waals surface area contributed by atoms with Crippen LogP contribution in [0, 0.1) is 6.92 Å². The van der Waals surface area contributed by atoms with E-state index in [0.717, 1.165) is 23.5 Å². The Kier molecular flexibility index (Phi) is 5.47. The molecule has 0 atom stereocenters. The molecular formula is C15H18ClN3O. The molecule has 0 fully saturated rings. The predicted octanol–water partition coefficient (Wildman–Crippen LogP) is 2.84. The summed E-state index contributed by atoms with van der Waals surface area (Å²) < 4.78 is 5.00. The molecule has 4 nitrogen and oxygen atoms in total. The molecule has 106 valence electrons. The standard InChI is InChI=1S/C15H18ClN3O/c1-11-9-12(10-17-7-8-20-2)19-15(18-11)13-5-3-4-6-14(13)16/h3-6,9,17H,7-8,10H2,1-2H3. The lowest BCUT2D eigenvalue weighted by atomic mass is 10.2. The van der Waals surface area contributed by atoms with E-state index in [1.54, 1.807) is 7.11 Å². The Morgan fingerprint density at radius 1 is 1.25 bits per heavy atom. The molecule has 0 spiro atoms. The van der Waals surface area contributed by atoms with Gasteiger partial charge in [-0.1, -0.05) is 23.7 Å². The highest BCUT2D eigenvalue weighted by atomic mass is 35.5. The van der Waals surface area contributed by atoms with Gasteiger partial charge >= 0.3 is 0 Å². The molecule has 1 N–H and O–H groups in total. The molecule has 1 heterocycles. The zero-order valence-electron chi connectivity index (χ0n) is 11.7. The van der Waals surface area contributed by atoms with Crippen molar-refractivity contribution in [3.8, 4) is 11.4 Å². The molecule has 0 saturated carbocycles. The maximum absolute atomic E-state index is 6.20. The van der Waals surface area contributed by atoms with Crippen LogP contribution in [0.4, 0.5) is 0 Å². The molecule has 0 radical (unpaired) electrons. The van der Waals surface area contributed by atoms with Crippen molar-refractivity contribution in [3.05, 3.63) is 46.7 Å². The van der Waals surface area contributed by atoms with Crippen LogP contribution in [0.15, 0.2) is 30.3 Å². The van der Waals surface area contributed by atoms with Crippen LogP contribution < -0.4 is 5.32 Å². The van der Waals surface area contributed by atoms with Crippen LogP contribution >= 0.6 is 11.6 Å². The quantitative estimate of drug-likeness (QED) is 0.832. The van der Waals surface area contributed by atoms with Crippen LogP contribution in [0.25, 0.3) is 11.4 Å². The third-order valence-electron chi connectivity index (χ3n) is 2.81. The second-order valence-electron chi connectivity index (χ2n) is 4.47. The number of hydrogen-bond acceptors (Lipinski definition) is 4. The molecule has 0 unspecified atom stereocenters. The zero-order chi connectivity index (χ0) is 14.4. The lowest BCUT2D eigenvalue weighted by Crippen LogP contribution is -2.19. The maximum atomic E-state index is 6.20. The van der Waals surface area contributed by atoms with Gasteiger partial charge in [-0.2, -0.15) is 0 Å². The fourth-order valence-electron chi connectivity index (χ4n) is 1.88. The monoisotopic (exact) mass is 291 g/mol. The molecule has 0 aliphatic rings. The van der Waals surface area contributed by atoms with Gasteiger partial charge in [0.25, 0.3) is 0 Å².